The van der Waals surface area contributed by atoms with Gasteiger partial charge in [-0.15, -0.1) is 0 Å². The lowest BCUT2D eigenvalue weighted by Crippen LogP contribution is -2.38. The minimum Gasteiger partial charge on any atom is -0.493 e. The maximum absolute atomic E-state index is 13.9. The largest absolute Gasteiger partial charge is 0.493 e. The fourth-order valence-corrected chi connectivity index (χ4v) is 6.77. The summed E-state index contributed by atoms with van der Waals surface area (Å²) in [7, 11) is -5.43. The van der Waals surface area contributed by atoms with E-state index in [2.05, 4.69) is 10.0 Å². The predicted molar refractivity (Wildman–Crippen MR) is 162 cm³/mol. The topological polar surface area (TPSA) is 131 Å². The molecule has 43 heavy (non-hydrogen) atoms. The summed E-state index contributed by atoms with van der Waals surface area (Å²) >= 11 is 0. The van der Waals surface area contributed by atoms with Crippen LogP contribution in [0, 0.1) is 19.7 Å². The molecule has 0 radical (unpaired) electrons. The molecular formula is C30H30FN3O7S2. The molecule has 0 bridgehead atoms. The monoisotopic (exact) mass is 627 g/mol. The Bertz CT molecular complexity index is 1830. The van der Waals surface area contributed by atoms with Gasteiger partial charge in [0.15, 0.2) is 11.5 Å². The van der Waals surface area contributed by atoms with E-state index in [0.717, 1.165) is 27.6 Å². The molecule has 0 atom stereocenters. The van der Waals surface area contributed by atoms with Gasteiger partial charge in [-0.1, -0.05) is 6.07 Å². The van der Waals surface area contributed by atoms with E-state index >= 15 is 0 Å². The van der Waals surface area contributed by atoms with Gasteiger partial charge in [0.05, 0.1) is 29.7 Å². The van der Waals surface area contributed by atoms with Gasteiger partial charge in [-0.05, 0) is 97.8 Å². The minimum atomic E-state index is -4.27. The van der Waals surface area contributed by atoms with Gasteiger partial charge < -0.3 is 14.8 Å². The molecule has 4 aromatic rings. The van der Waals surface area contributed by atoms with Crippen molar-refractivity contribution in [3.63, 3.8) is 0 Å². The number of carbonyl (C=O) groups is 1. The van der Waals surface area contributed by atoms with Crippen LogP contribution in [0.5, 0.6) is 11.5 Å². The van der Waals surface area contributed by atoms with Crippen LogP contribution in [0.1, 0.15) is 11.1 Å². The maximum atomic E-state index is 13.9. The highest BCUT2D eigenvalue weighted by Crippen LogP contribution is 2.33. The Hall–Kier alpha value is -4.62. The summed E-state index contributed by atoms with van der Waals surface area (Å²) in [5, 5.41) is 2.62. The number of nitrogens with one attached hydrogen (secondary N) is 2. The number of methoxy groups -OCH3 is 2. The standard InChI is InChI=1S/C30H30FN3O7S2/c1-20-15-21(2)17-25(16-20)34(43(38,39)27-13-14-28(40-3)29(18-27)41-4)19-30(35)32-23-9-11-26(12-10-23)42(36,37)33-24-7-5-22(31)6-8-24/h5-18,33H,19H2,1-4H3,(H,32,35). The quantitative estimate of drug-likeness (QED) is 0.237. The van der Waals surface area contributed by atoms with E-state index in [4.69, 9.17) is 9.47 Å². The van der Waals surface area contributed by atoms with Crippen molar-refractivity contribution >= 4 is 43.0 Å². The number of rotatable bonds is 11. The average molecular weight is 628 g/mol. The van der Waals surface area contributed by atoms with Crippen molar-refractivity contribution in [2.75, 3.05) is 35.1 Å². The fourth-order valence-electron chi connectivity index (χ4n) is 4.29. The number of aryl methyl sites for hydroxylation is 2. The first-order chi connectivity index (χ1) is 20.3. The Kier molecular flexibility index (Phi) is 9.26. The molecule has 0 fully saturated rings. The predicted octanol–water partition coefficient (Wildman–Crippen LogP) is 5.09. The van der Waals surface area contributed by atoms with Crippen molar-refractivity contribution in [3.8, 4) is 11.5 Å². The van der Waals surface area contributed by atoms with Gasteiger partial charge in [0.2, 0.25) is 5.91 Å². The Morgan fingerprint density at radius 2 is 1.30 bits per heavy atom. The summed E-state index contributed by atoms with van der Waals surface area (Å²) in [5.74, 6) is -0.619. The molecule has 4 aromatic carbocycles. The van der Waals surface area contributed by atoms with Gasteiger partial charge in [-0.25, -0.2) is 21.2 Å². The number of hydrogen-bond acceptors (Lipinski definition) is 7. The van der Waals surface area contributed by atoms with Crippen LogP contribution in [-0.4, -0.2) is 43.5 Å². The first-order valence-electron chi connectivity index (χ1n) is 12.8. The van der Waals surface area contributed by atoms with Crippen LogP contribution < -0.4 is 23.8 Å². The third-order valence-corrected chi connectivity index (χ3v) is 9.44. The lowest BCUT2D eigenvalue weighted by atomic mass is 10.1. The lowest BCUT2D eigenvalue weighted by Gasteiger charge is -2.25. The Balaban J connectivity index is 1.58. The zero-order valence-corrected chi connectivity index (χ0v) is 25.4. The summed E-state index contributed by atoms with van der Waals surface area (Å²) in [6, 6.07) is 19.5. The van der Waals surface area contributed by atoms with Gasteiger partial charge in [-0.2, -0.15) is 0 Å². The number of anilines is 3. The third kappa shape index (κ3) is 7.43. The Morgan fingerprint density at radius 3 is 1.88 bits per heavy atom. The molecule has 10 nitrogen and oxygen atoms in total. The van der Waals surface area contributed by atoms with Gasteiger partial charge in [0.1, 0.15) is 12.4 Å². The van der Waals surface area contributed by atoms with Crippen LogP contribution in [0.15, 0.2) is 94.7 Å². The molecule has 4 rings (SSSR count). The van der Waals surface area contributed by atoms with Crippen molar-refractivity contribution in [2.24, 2.45) is 0 Å². The van der Waals surface area contributed by atoms with Crippen molar-refractivity contribution in [2.45, 2.75) is 23.6 Å². The van der Waals surface area contributed by atoms with Crippen molar-refractivity contribution in [1.29, 1.82) is 0 Å². The van der Waals surface area contributed by atoms with Crippen LogP contribution in [0.2, 0.25) is 0 Å². The molecular weight excluding hydrogens is 597 g/mol. The molecule has 0 spiro atoms. The molecule has 0 unspecified atom stereocenters. The molecule has 2 N–H and O–H groups in total. The Morgan fingerprint density at radius 1 is 0.744 bits per heavy atom. The summed E-state index contributed by atoms with van der Waals surface area (Å²) in [5.41, 5.74) is 2.31. The molecule has 13 heteroatoms. The van der Waals surface area contributed by atoms with Crippen molar-refractivity contribution in [1.82, 2.24) is 0 Å². The summed E-state index contributed by atoms with van der Waals surface area (Å²) in [6.45, 7) is 3.06. The second kappa shape index (κ2) is 12.7. The number of carbonyl (C=O) groups excluding carboxylic acids is 1. The molecule has 0 saturated carbocycles. The zero-order valence-electron chi connectivity index (χ0n) is 23.8. The van der Waals surface area contributed by atoms with E-state index in [-0.39, 0.29) is 32.6 Å². The highest BCUT2D eigenvalue weighted by molar-refractivity contribution is 7.93. The number of benzene rings is 4. The molecule has 0 aliphatic rings. The lowest BCUT2D eigenvalue weighted by molar-refractivity contribution is -0.114. The van der Waals surface area contributed by atoms with E-state index in [0.29, 0.717) is 5.75 Å². The molecule has 0 saturated heterocycles. The second-order valence-electron chi connectivity index (χ2n) is 9.56. The molecule has 0 heterocycles. The summed E-state index contributed by atoms with van der Waals surface area (Å²) in [6.07, 6.45) is 0. The van der Waals surface area contributed by atoms with E-state index in [1.165, 1.54) is 68.8 Å². The van der Waals surface area contributed by atoms with Crippen LogP contribution in [0.3, 0.4) is 0 Å². The van der Waals surface area contributed by atoms with E-state index < -0.39 is 38.3 Å². The SMILES string of the molecule is COc1ccc(S(=O)(=O)N(CC(=O)Nc2ccc(S(=O)(=O)Nc3ccc(F)cc3)cc2)c2cc(C)cc(C)c2)cc1OC. The molecule has 226 valence electrons. The van der Waals surface area contributed by atoms with Crippen LogP contribution in [-0.2, 0) is 24.8 Å². The number of nitrogens with zero attached hydrogens (tertiary/aromatic N) is 1. The normalized spacial score (nSPS) is 11.5. The van der Waals surface area contributed by atoms with Crippen LogP contribution in [0.4, 0.5) is 21.5 Å². The van der Waals surface area contributed by atoms with Gasteiger partial charge in [0, 0.05) is 17.4 Å². The second-order valence-corrected chi connectivity index (χ2v) is 13.1. The van der Waals surface area contributed by atoms with E-state index in [9.17, 15) is 26.0 Å². The van der Waals surface area contributed by atoms with Crippen LogP contribution >= 0.6 is 0 Å². The minimum absolute atomic E-state index is 0.0947. The van der Waals surface area contributed by atoms with Crippen molar-refractivity contribution in [3.05, 3.63) is 102 Å². The van der Waals surface area contributed by atoms with Crippen molar-refractivity contribution < 1.29 is 35.5 Å². The summed E-state index contributed by atoms with van der Waals surface area (Å²) < 4.78 is 80.2. The Labute approximate surface area is 250 Å². The molecule has 0 aromatic heterocycles. The highest BCUT2D eigenvalue weighted by Gasteiger charge is 2.29. The number of amides is 1. The first-order valence-corrected chi connectivity index (χ1v) is 15.8. The number of sulfonamides is 2. The molecule has 0 aliphatic heterocycles. The maximum Gasteiger partial charge on any atom is 0.264 e. The molecule has 1 amide bonds. The number of hydrogen-bond donors (Lipinski definition) is 2. The zero-order chi connectivity index (χ0) is 31.4. The number of ether oxygens (including phenoxy) is 2. The van der Waals surface area contributed by atoms with Gasteiger partial charge in [-0.3, -0.25) is 13.8 Å². The van der Waals surface area contributed by atoms with Crippen LogP contribution in [0.25, 0.3) is 0 Å². The van der Waals surface area contributed by atoms with Gasteiger partial charge >= 0.3 is 0 Å². The number of halogens is 1. The average Bonchev–Trinajstić information content (AvgIpc) is 2.96. The highest BCUT2D eigenvalue weighted by atomic mass is 32.2. The third-order valence-electron chi connectivity index (χ3n) is 6.27. The first kappa shape index (κ1) is 31.3. The smallest absolute Gasteiger partial charge is 0.264 e. The van der Waals surface area contributed by atoms with Gasteiger partial charge in [0.25, 0.3) is 20.0 Å². The fraction of sp³-hybridized carbons (Fsp3) is 0.167. The summed E-state index contributed by atoms with van der Waals surface area (Å²) in [4.78, 5) is 13.0. The van der Waals surface area contributed by atoms with E-state index in [1.54, 1.807) is 12.1 Å². The van der Waals surface area contributed by atoms with E-state index in [1.807, 2.05) is 19.9 Å². The molecule has 0 aliphatic carbocycles.